The van der Waals surface area contributed by atoms with Crippen LogP contribution >= 0.6 is 34.8 Å². The number of rotatable bonds is 6. The molecule has 3 aromatic carbocycles. The average Bonchev–Trinajstić information content (AvgIpc) is 2.71. The Morgan fingerprint density at radius 2 is 1.63 bits per heavy atom. The smallest absolute Gasteiger partial charge is 0.262 e. The van der Waals surface area contributed by atoms with Gasteiger partial charge in [0.1, 0.15) is 5.75 Å². The van der Waals surface area contributed by atoms with Crippen LogP contribution in [0.15, 0.2) is 65.6 Å². The Kier molecular flexibility index (Phi) is 6.77. The minimum atomic E-state index is -4.02. The molecule has 0 bridgehead atoms. The van der Waals surface area contributed by atoms with E-state index in [4.69, 9.17) is 39.5 Å². The summed E-state index contributed by atoms with van der Waals surface area (Å²) in [5.74, 6) is -0.164. The van der Waals surface area contributed by atoms with E-state index in [2.05, 4.69) is 10.0 Å². The zero-order valence-corrected chi connectivity index (χ0v) is 18.5. The molecule has 0 saturated carbocycles. The zero-order chi connectivity index (χ0) is 21.9. The normalized spacial score (nSPS) is 11.1. The van der Waals surface area contributed by atoms with Crippen molar-refractivity contribution in [3.63, 3.8) is 0 Å². The Bertz CT molecular complexity index is 1200. The van der Waals surface area contributed by atoms with Crippen LogP contribution in [0.3, 0.4) is 0 Å². The Hall–Kier alpha value is -2.45. The largest absolute Gasteiger partial charge is 0.495 e. The molecule has 0 heterocycles. The number of methoxy groups -OCH3 is 1. The van der Waals surface area contributed by atoms with Gasteiger partial charge >= 0.3 is 0 Å². The number of halogens is 3. The van der Waals surface area contributed by atoms with Gasteiger partial charge in [-0.05, 0) is 54.6 Å². The monoisotopic (exact) mass is 484 g/mol. The topological polar surface area (TPSA) is 84.5 Å². The number of hydrogen-bond acceptors (Lipinski definition) is 4. The minimum Gasteiger partial charge on any atom is -0.495 e. The number of nitrogens with one attached hydrogen (secondary N) is 2. The van der Waals surface area contributed by atoms with Crippen LogP contribution in [-0.2, 0) is 10.0 Å². The van der Waals surface area contributed by atoms with Gasteiger partial charge in [-0.3, -0.25) is 9.52 Å². The second-order valence-corrected chi connectivity index (χ2v) is 8.93. The molecule has 1 amide bonds. The summed E-state index contributed by atoms with van der Waals surface area (Å²) in [4.78, 5) is 12.4. The first-order valence-electron chi connectivity index (χ1n) is 8.43. The fourth-order valence-electron chi connectivity index (χ4n) is 2.53. The van der Waals surface area contributed by atoms with Crippen molar-refractivity contribution < 1.29 is 17.9 Å². The lowest BCUT2D eigenvalue weighted by Crippen LogP contribution is -2.16. The van der Waals surface area contributed by atoms with Gasteiger partial charge in [0.25, 0.3) is 15.9 Å². The maximum Gasteiger partial charge on any atom is 0.262 e. The van der Waals surface area contributed by atoms with Gasteiger partial charge in [-0.15, -0.1) is 0 Å². The SMILES string of the molecule is COc1ccc(S(=O)(=O)Nc2cccc(Cl)c2Cl)cc1NC(=O)c1ccc(Cl)cc1. The Morgan fingerprint density at radius 3 is 2.30 bits per heavy atom. The Labute approximate surface area is 188 Å². The summed E-state index contributed by atoms with van der Waals surface area (Å²) < 4.78 is 33.3. The lowest BCUT2D eigenvalue weighted by atomic mass is 10.2. The fraction of sp³-hybridized carbons (Fsp3) is 0.0500. The molecule has 0 aromatic heterocycles. The number of hydrogen-bond donors (Lipinski definition) is 2. The maximum atomic E-state index is 12.8. The predicted octanol–water partition coefficient (Wildman–Crippen LogP) is 5.71. The van der Waals surface area contributed by atoms with Crippen LogP contribution in [0, 0.1) is 0 Å². The standard InChI is InChI=1S/C20H15Cl3N2O4S/c1-29-18-10-9-14(30(27,28)25-16-4-2-3-15(22)19(16)23)11-17(18)24-20(26)12-5-7-13(21)8-6-12/h2-11,25H,1H3,(H,24,26). The first-order chi connectivity index (χ1) is 14.2. The molecule has 0 atom stereocenters. The number of sulfonamides is 1. The van der Waals surface area contributed by atoms with Crippen LogP contribution in [-0.4, -0.2) is 21.4 Å². The van der Waals surface area contributed by atoms with E-state index in [-0.39, 0.29) is 32.1 Å². The van der Waals surface area contributed by atoms with Crippen LogP contribution in [0.1, 0.15) is 10.4 Å². The highest BCUT2D eigenvalue weighted by Gasteiger charge is 2.20. The van der Waals surface area contributed by atoms with Crippen molar-refractivity contribution in [2.45, 2.75) is 4.90 Å². The number of ether oxygens (including phenoxy) is 1. The van der Waals surface area contributed by atoms with Gasteiger partial charge in [0.05, 0.1) is 33.4 Å². The first kappa shape index (κ1) is 22.2. The summed E-state index contributed by atoms with van der Waals surface area (Å²) in [6, 6.07) is 14.9. The zero-order valence-electron chi connectivity index (χ0n) is 15.4. The van der Waals surface area contributed by atoms with E-state index in [0.29, 0.717) is 10.6 Å². The van der Waals surface area contributed by atoms with Crippen LogP contribution in [0.25, 0.3) is 0 Å². The van der Waals surface area contributed by atoms with Crippen molar-refractivity contribution >= 4 is 62.1 Å². The first-order valence-corrected chi connectivity index (χ1v) is 11.0. The molecule has 10 heteroatoms. The number of amides is 1. The third-order valence-corrected chi connectivity index (χ3v) is 6.47. The minimum absolute atomic E-state index is 0.0764. The number of anilines is 2. The summed E-state index contributed by atoms with van der Waals surface area (Å²) in [7, 11) is -2.62. The quantitative estimate of drug-likeness (QED) is 0.468. The molecule has 30 heavy (non-hydrogen) atoms. The molecule has 0 aliphatic heterocycles. The maximum absolute atomic E-state index is 12.8. The number of carbonyl (C=O) groups is 1. The van der Waals surface area contributed by atoms with Crippen molar-refractivity contribution in [2.75, 3.05) is 17.1 Å². The van der Waals surface area contributed by atoms with Crippen LogP contribution < -0.4 is 14.8 Å². The van der Waals surface area contributed by atoms with E-state index in [1.165, 1.54) is 31.4 Å². The third-order valence-electron chi connectivity index (χ3n) is 4.03. The van der Waals surface area contributed by atoms with Crippen LogP contribution in [0.2, 0.25) is 15.1 Å². The highest BCUT2D eigenvalue weighted by molar-refractivity contribution is 7.92. The molecule has 0 aliphatic carbocycles. The molecule has 3 rings (SSSR count). The molecule has 0 fully saturated rings. The molecule has 0 saturated heterocycles. The molecule has 0 aliphatic rings. The van der Waals surface area contributed by atoms with Gasteiger partial charge in [-0.25, -0.2) is 8.42 Å². The second kappa shape index (κ2) is 9.14. The van der Waals surface area contributed by atoms with Crippen molar-refractivity contribution in [1.29, 1.82) is 0 Å². The van der Waals surface area contributed by atoms with E-state index in [1.54, 1.807) is 36.4 Å². The lowest BCUT2D eigenvalue weighted by Gasteiger charge is -2.14. The van der Waals surface area contributed by atoms with Gasteiger partial charge in [0.2, 0.25) is 0 Å². The Balaban J connectivity index is 1.92. The molecule has 0 radical (unpaired) electrons. The van der Waals surface area contributed by atoms with E-state index < -0.39 is 15.9 Å². The fourth-order valence-corrected chi connectivity index (χ4v) is 4.16. The molecular weight excluding hydrogens is 471 g/mol. The van der Waals surface area contributed by atoms with Gasteiger partial charge in [0, 0.05) is 10.6 Å². The average molecular weight is 486 g/mol. The van der Waals surface area contributed by atoms with Crippen LogP contribution in [0.4, 0.5) is 11.4 Å². The summed E-state index contributed by atoms with van der Waals surface area (Å²) in [5, 5.41) is 3.42. The highest BCUT2D eigenvalue weighted by atomic mass is 35.5. The van der Waals surface area contributed by atoms with E-state index in [9.17, 15) is 13.2 Å². The molecule has 0 spiro atoms. The van der Waals surface area contributed by atoms with Gasteiger partial charge < -0.3 is 10.1 Å². The van der Waals surface area contributed by atoms with E-state index in [0.717, 1.165) is 0 Å². The number of benzene rings is 3. The van der Waals surface area contributed by atoms with Crippen molar-refractivity contribution in [2.24, 2.45) is 0 Å². The lowest BCUT2D eigenvalue weighted by molar-refractivity contribution is 0.102. The summed E-state index contributed by atoms with van der Waals surface area (Å²) >= 11 is 17.8. The molecular formula is C20H15Cl3N2O4S. The summed E-state index contributed by atoms with van der Waals surface area (Å²) in [5.41, 5.74) is 0.655. The second-order valence-electron chi connectivity index (χ2n) is 6.03. The van der Waals surface area contributed by atoms with Gasteiger partial charge in [-0.1, -0.05) is 40.9 Å². The third kappa shape index (κ3) is 4.99. The molecule has 0 unspecified atom stereocenters. The van der Waals surface area contributed by atoms with Gasteiger partial charge in [0.15, 0.2) is 0 Å². The molecule has 3 aromatic rings. The van der Waals surface area contributed by atoms with Gasteiger partial charge in [-0.2, -0.15) is 0 Å². The predicted molar refractivity (Wildman–Crippen MR) is 120 cm³/mol. The van der Waals surface area contributed by atoms with E-state index in [1.807, 2.05) is 0 Å². The molecule has 156 valence electrons. The Morgan fingerprint density at radius 1 is 0.933 bits per heavy atom. The van der Waals surface area contributed by atoms with Crippen LogP contribution in [0.5, 0.6) is 5.75 Å². The summed E-state index contributed by atoms with van der Waals surface area (Å²) in [6.45, 7) is 0. The molecule has 6 nitrogen and oxygen atoms in total. The van der Waals surface area contributed by atoms with Crippen molar-refractivity contribution in [3.8, 4) is 5.75 Å². The number of carbonyl (C=O) groups excluding carboxylic acids is 1. The van der Waals surface area contributed by atoms with E-state index >= 15 is 0 Å². The van der Waals surface area contributed by atoms with Crippen molar-refractivity contribution in [1.82, 2.24) is 0 Å². The highest BCUT2D eigenvalue weighted by Crippen LogP contribution is 2.33. The van der Waals surface area contributed by atoms with Crippen molar-refractivity contribution in [3.05, 3.63) is 81.3 Å². The summed E-state index contributed by atoms with van der Waals surface area (Å²) in [6.07, 6.45) is 0. The molecule has 2 N–H and O–H groups in total.